The molecule has 0 aliphatic rings. The molecule has 8 heteroatoms. The summed E-state index contributed by atoms with van der Waals surface area (Å²) in [4.78, 5) is 0.112. The summed E-state index contributed by atoms with van der Waals surface area (Å²) in [6.07, 6.45) is 0. The first kappa shape index (κ1) is 21.4. The lowest BCUT2D eigenvalue weighted by Gasteiger charge is -2.20. The predicted octanol–water partition coefficient (Wildman–Crippen LogP) is 3.69. The fourth-order valence-electron chi connectivity index (χ4n) is 2.43. The average Bonchev–Trinajstić information content (AvgIpc) is 2.52. The summed E-state index contributed by atoms with van der Waals surface area (Å²) in [6, 6.07) is 12.4. The Balaban J connectivity index is 2.29. The third kappa shape index (κ3) is 5.79. The lowest BCUT2D eigenvalue weighted by molar-refractivity contribution is 0.491. The molecule has 0 aromatic heterocycles. The smallest absolute Gasteiger partial charge is 0.261 e. The second-order valence-electron chi connectivity index (χ2n) is 7.71. The van der Waals surface area contributed by atoms with Crippen molar-refractivity contribution in [2.45, 2.75) is 55.9 Å². The van der Waals surface area contributed by atoms with E-state index in [0.717, 1.165) is 5.56 Å². The number of hydrogen-bond acceptors (Lipinski definition) is 4. The topological polar surface area (TPSA) is 92.3 Å². The summed E-state index contributed by atoms with van der Waals surface area (Å²) in [5.41, 5.74) is 0.571. The lowest BCUT2D eigenvalue weighted by atomic mass is 10.0. The highest BCUT2D eigenvalue weighted by Crippen LogP contribution is 2.22. The number of sulfonamides is 2. The SMILES string of the molecule is CC(C)c1ccc(S(=O)(=O)Nc2cccc(S(=O)(=O)NC(C)(C)C)c2)cc1. The Labute approximate surface area is 162 Å². The van der Waals surface area contributed by atoms with E-state index in [4.69, 9.17) is 0 Å². The highest BCUT2D eigenvalue weighted by molar-refractivity contribution is 7.92. The van der Waals surface area contributed by atoms with E-state index in [1.807, 2.05) is 13.8 Å². The van der Waals surface area contributed by atoms with Gasteiger partial charge in [0.15, 0.2) is 0 Å². The van der Waals surface area contributed by atoms with Gasteiger partial charge >= 0.3 is 0 Å². The van der Waals surface area contributed by atoms with Crippen LogP contribution in [0, 0.1) is 0 Å². The Morgan fingerprint density at radius 1 is 0.815 bits per heavy atom. The monoisotopic (exact) mass is 410 g/mol. The van der Waals surface area contributed by atoms with Crippen molar-refractivity contribution in [1.82, 2.24) is 4.72 Å². The van der Waals surface area contributed by atoms with Crippen LogP contribution in [0.15, 0.2) is 58.3 Å². The van der Waals surface area contributed by atoms with Crippen molar-refractivity contribution in [3.8, 4) is 0 Å². The van der Waals surface area contributed by atoms with Crippen molar-refractivity contribution in [1.29, 1.82) is 0 Å². The Kier molecular flexibility index (Phi) is 6.03. The van der Waals surface area contributed by atoms with Crippen LogP contribution in [0.25, 0.3) is 0 Å². The minimum atomic E-state index is -3.82. The Bertz CT molecular complexity index is 1000. The van der Waals surface area contributed by atoms with Crippen LogP contribution in [0.4, 0.5) is 5.69 Å². The molecule has 0 radical (unpaired) electrons. The van der Waals surface area contributed by atoms with E-state index in [2.05, 4.69) is 9.44 Å². The van der Waals surface area contributed by atoms with E-state index in [0.29, 0.717) is 5.92 Å². The van der Waals surface area contributed by atoms with Crippen molar-refractivity contribution in [2.75, 3.05) is 4.72 Å². The summed E-state index contributed by atoms with van der Waals surface area (Å²) in [5, 5.41) is 0. The second-order valence-corrected chi connectivity index (χ2v) is 11.1. The van der Waals surface area contributed by atoms with Gasteiger partial charge in [-0.15, -0.1) is 0 Å². The van der Waals surface area contributed by atoms with Gasteiger partial charge in [-0.3, -0.25) is 4.72 Å². The van der Waals surface area contributed by atoms with E-state index >= 15 is 0 Å². The molecule has 0 fully saturated rings. The Morgan fingerprint density at radius 3 is 1.93 bits per heavy atom. The molecule has 27 heavy (non-hydrogen) atoms. The Morgan fingerprint density at radius 2 is 1.41 bits per heavy atom. The van der Waals surface area contributed by atoms with Crippen LogP contribution in [0.5, 0.6) is 0 Å². The molecule has 0 unspecified atom stereocenters. The molecule has 0 aliphatic carbocycles. The zero-order valence-corrected chi connectivity index (χ0v) is 17.8. The van der Waals surface area contributed by atoms with Crippen LogP contribution in [0.1, 0.15) is 46.1 Å². The van der Waals surface area contributed by atoms with E-state index in [1.54, 1.807) is 45.0 Å². The van der Waals surface area contributed by atoms with Gasteiger partial charge in [0.05, 0.1) is 15.5 Å². The van der Waals surface area contributed by atoms with Crippen LogP contribution in [0.3, 0.4) is 0 Å². The number of anilines is 1. The van der Waals surface area contributed by atoms with E-state index in [-0.39, 0.29) is 15.5 Å². The molecule has 0 atom stereocenters. The summed E-state index contributed by atoms with van der Waals surface area (Å²) < 4.78 is 55.1. The van der Waals surface area contributed by atoms with E-state index in [1.165, 1.54) is 24.3 Å². The van der Waals surface area contributed by atoms with Crippen molar-refractivity contribution in [3.05, 3.63) is 54.1 Å². The fraction of sp³-hybridized carbons (Fsp3) is 0.368. The van der Waals surface area contributed by atoms with Gasteiger partial charge in [0, 0.05) is 5.54 Å². The van der Waals surface area contributed by atoms with Crippen LogP contribution in [-0.2, 0) is 20.0 Å². The summed E-state index contributed by atoms with van der Waals surface area (Å²) in [5.74, 6) is 0.298. The minimum absolute atomic E-state index is 0.00668. The van der Waals surface area contributed by atoms with Gasteiger partial charge in [0.25, 0.3) is 10.0 Å². The molecule has 0 amide bonds. The largest absolute Gasteiger partial charge is 0.280 e. The van der Waals surface area contributed by atoms with Crippen molar-refractivity contribution < 1.29 is 16.8 Å². The van der Waals surface area contributed by atoms with Gasteiger partial charge in [-0.05, 0) is 62.6 Å². The lowest BCUT2D eigenvalue weighted by Crippen LogP contribution is -2.40. The highest BCUT2D eigenvalue weighted by atomic mass is 32.2. The van der Waals surface area contributed by atoms with Gasteiger partial charge in [0.1, 0.15) is 0 Å². The van der Waals surface area contributed by atoms with Gasteiger partial charge in [0.2, 0.25) is 10.0 Å². The number of benzene rings is 2. The van der Waals surface area contributed by atoms with Crippen LogP contribution in [0.2, 0.25) is 0 Å². The molecule has 2 N–H and O–H groups in total. The first-order valence-electron chi connectivity index (χ1n) is 8.57. The quantitative estimate of drug-likeness (QED) is 0.760. The maximum atomic E-state index is 12.6. The molecule has 2 rings (SSSR count). The van der Waals surface area contributed by atoms with Gasteiger partial charge in [-0.1, -0.05) is 32.0 Å². The maximum absolute atomic E-state index is 12.6. The normalized spacial score (nSPS) is 13.0. The average molecular weight is 411 g/mol. The molecule has 0 saturated carbocycles. The molecule has 148 valence electrons. The number of hydrogen-bond donors (Lipinski definition) is 2. The van der Waals surface area contributed by atoms with Gasteiger partial charge < -0.3 is 0 Å². The molecule has 0 spiro atoms. The highest BCUT2D eigenvalue weighted by Gasteiger charge is 2.23. The molecule has 2 aromatic rings. The predicted molar refractivity (Wildman–Crippen MR) is 108 cm³/mol. The zero-order valence-electron chi connectivity index (χ0n) is 16.1. The van der Waals surface area contributed by atoms with E-state index < -0.39 is 25.6 Å². The zero-order chi connectivity index (χ0) is 20.5. The Hall–Kier alpha value is -1.90. The molecule has 0 aliphatic heterocycles. The first-order valence-corrected chi connectivity index (χ1v) is 11.5. The second kappa shape index (κ2) is 7.61. The van der Waals surface area contributed by atoms with Crippen LogP contribution in [-0.4, -0.2) is 22.4 Å². The molecule has 2 aromatic carbocycles. The molecular formula is C19H26N2O4S2. The molecule has 0 heterocycles. The number of rotatable bonds is 6. The van der Waals surface area contributed by atoms with Gasteiger partial charge in [-0.2, -0.15) is 0 Å². The standard InChI is InChI=1S/C19H26N2O4S2/c1-14(2)15-9-11-17(12-10-15)26(22,23)20-16-7-6-8-18(13-16)27(24,25)21-19(3,4)5/h6-14,20-21H,1-5H3. The molecule has 0 bridgehead atoms. The summed E-state index contributed by atoms with van der Waals surface area (Å²) >= 11 is 0. The third-order valence-electron chi connectivity index (χ3n) is 3.69. The van der Waals surface area contributed by atoms with E-state index in [9.17, 15) is 16.8 Å². The molecular weight excluding hydrogens is 384 g/mol. The first-order chi connectivity index (χ1) is 12.3. The summed E-state index contributed by atoms with van der Waals surface area (Å²) in [6.45, 7) is 9.26. The third-order valence-corrected chi connectivity index (χ3v) is 6.85. The number of nitrogens with one attached hydrogen (secondary N) is 2. The van der Waals surface area contributed by atoms with Crippen LogP contribution < -0.4 is 9.44 Å². The van der Waals surface area contributed by atoms with Gasteiger partial charge in [-0.25, -0.2) is 21.6 Å². The van der Waals surface area contributed by atoms with Crippen molar-refractivity contribution in [3.63, 3.8) is 0 Å². The van der Waals surface area contributed by atoms with Crippen molar-refractivity contribution >= 4 is 25.7 Å². The fourth-order valence-corrected chi connectivity index (χ4v) is 4.95. The molecule has 6 nitrogen and oxygen atoms in total. The molecule has 0 saturated heterocycles. The summed E-state index contributed by atoms with van der Waals surface area (Å²) in [7, 11) is -7.58. The van der Waals surface area contributed by atoms with Crippen LogP contribution >= 0.6 is 0 Å². The van der Waals surface area contributed by atoms with Crippen molar-refractivity contribution in [2.24, 2.45) is 0 Å². The minimum Gasteiger partial charge on any atom is -0.280 e. The maximum Gasteiger partial charge on any atom is 0.261 e.